The van der Waals surface area contributed by atoms with E-state index in [9.17, 15) is 9.59 Å². The molecule has 0 saturated heterocycles. The van der Waals surface area contributed by atoms with E-state index in [2.05, 4.69) is 10.3 Å². The summed E-state index contributed by atoms with van der Waals surface area (Å²) in [6, 6.07) is 8.72. The highest BCUT2D eigenvalue weighted by Crippen LogP contribution is 2.38. The maximum Gasteiger partial charge on any atom is 0.307 e. The molecule has 3 aromatic rings. The van der Waals surface area contributed by atoms with Crippen molar-refractivity contribution in [2.24, 2.45) is 0 Å². The number of benzene rings is 1. The second kappa shape index (κ2) is 9.74. The zero-order valence-electron chi connectivity index (χ0n) is 16.0. The molecule has 2 aromatic heterocycles. The summed E-state index contributed by atoms with van der Waals surface area (Å²) in [5, 5.41) is 5.14. The van der Waals surface area contributed by atoms with Crippen LogP contribution in [0, 0.1) is 0 Å². The Bertz CT molecular complexity index is 967. The molecule has 2 heterocycles. The fourth-order valence-electron chi connectivity index (χ4n) is 2.55. The quantitative estimate of drug-likeness (QED) is 0.534. The third-order valence-corrected chi connectivity index (χ3v) is 4.85. The highest BCUT2D eigenvalue weighted by molar-refractivity contribution is 7.13. The van der Waals surface area contributed by atoms with Gasteiger partial charge in [-0.1, -0.05) is 6.07 Å². The lowest BCUT2D eigenvalue weighted by Gasteiger charge is -2.10. The van der Waals surface area contributed by atoms with Gasteiger partial charge in [-0.05, 0) is 24.3 Å². The van der Waals surface area contributed by atoms with Crippen LogP contribution in [-0.4, -0.2) is 37.6 Å². The number of esters is 1. The summed E-state index contributed by atoms with van der Waals surface area (Å²) >= 11 is 1.42. The van der Waals surface area contributed by atoms with Crippen LogP contribution in [0.3, 0.4) is 0 Å². The van der Waals surface area contributed by atoms with Crippen LogP contribution in [0.15, 0.2) is 46.4 Å². The summed E-state index contributed by atoms with van der Waals surface area (Å²) < 4.78 is 20.9. The summed E-state index contributed by atoms with van der Waals surface area (Å²) in [4.78, 5) is 28.1. The van der Waals surface area contributed by atoms with Crippen LogP contribution in [0.4, 0.5) is 0 Å². The minimum Gasteiger partial charge on any atom is -0.493 e. The molecule has 0 radical (unpaired) electrons. The normalized spacial score (nSPS) is 10.4. The Balaban J connectivity index is 1.50. The number of aromatic nitrogens is 1. The SMILES string of the molecule is COc1cccc(-c2nc(COC(=O)CCNC(=O)c3ccco3)cs2)c1OC. The molecule has 0 aliphatic heterocycles. The van der Waals surface area contributed by atoms with Crippen LogP contribution in [0.1, 0.15) is 22.7 Å². The van der Waals surface area contributed by atoms with E-state index in [0.29, 0.717) is 17.2 Å². The fraction of sp³-hybridized carbons (Fsp3) is 0.250. The lowest BCUT2D eigenvalue weighted by Crippen LogP contribution is -2.26. The largest absolute Gasteiger partial charge is 0.493 e. The molecule has 0 aliphatic carbocycles. The standard InChI is InChI=1S/C20H20N2O6S/c1-25-15-6-3-5-14(18(15)26-2)20-22-13(12-29-20)11-28-17(23)8-9-21-19(24)16-7-4-10-27-16/h3-7,10,12H,8-9,11H2,1-2H3,(H,21,24). The Kier molecular flexibility index (Phi) is 6.85. The molecule has 0 spiro atoms. The van der Waals surface area contributed by atoms with Crippen molar-refractivity contribution < 1.29 is 28.2 Å². The van der Waals surface area contributed by atoms with Crippen LogP contribution >= 0.6 is 11.3 Å². The van der Waals surface area contributed by atoms with Crippen molar-refractivity contribution in [1.29, 1.82) is 0 Å². The van der Waals surface area contributed by atoms with Crippen molar-refractivity contribution in [1.82, 2.24) is 10.3 Å². The molecule has 0 aliphatic rings. The van der Waals surface area contributed by atoms with Gasteiger partial charge < -0.3 is 23.9 Å². The first-order valence-corrected chi connectivity index (χ1v) is 9.63. The Morgan fingerprint density at radius 1 is 1.17 bits per heavy atom. The number of nitrogens with one attached hydrogen (secondary N) is 1. The van der Waals surface area contributed by atoms with Gasteiger partial charge in [0.25, 0.3) is 5.91 Å². The number of para-hydroxylation sites is 1. The van der Waals surface area contributed by atoms with E-state index in [4.69, 9.17) is 18.6 Å². The molecule has 1 N–H and O–H groups in total. The number of carbonyl (C=O) groups excluding carboxylic acids is 2. The zero-order valence-corrected chi connectivity index (χ0v) is 16.8. The predicted molar refractivity (Wildman–Crippen MR) is 106 cm³/mol. The Hall–Kier alpha value is -3.33. The Morgan fingerprint density at radius 3 is 2.76 bits per heavy atom. The zero-order chi connectivity index (χ0) is 20.6. The van der Waals surface area contributed by atoms with Crippen LogP contribution in [0.5, 0.6) is 11.5 Å². The number of nitrogens with zero attached hydrogens (tertiary/aromatic N) is 1. The molecule has 0 fully saturated rings. The molecule has 1 amide bonds. The average Bonchev–Trinajstić information content (AvgIpc) is 3.43. The Morgan fingerprint density at radius 2 is 2.03 bits per heavy atom. The molecule has 0 unspecified atom stereocenters. The number of carbonyl (C=O) groups is 2. The van der Waals surface area contributed by atoms with E-state index >= 15 is 0 Å². The van der Waals surface area contributed by atoms with Crippen LogP contribution in [0.2, 0.25) is 0 Å². The van der Waals surface area contributed by atoms with Gasteiger partial charge in [0.1, 0.15) is 11.6 Å². The number of ether oxygens (including phenoxy) is 3. The lowest BCUT2D eigenvalue weighted by atomic mass is 10.2. The smallest absolute Gasteiger partial charge is 0.307 e. The minimum absolute atomic E-state index is 0.0488. The number of furan rings is 1. The third-order valence-electron chi connectivity index (χ3n) is 3.93. The van der Waals surface area contributed by atoms with Gasteiger partial charge in [0.2, 0.25) is 0 Å². The van der Waals surface area contributed by atoms with E-state index in [1.54, 1.807) is 26.4 Å². The summed E-state index contributed by atoms with van der Waals surface area (Å²) in [5.41, 5.74) is 1.43. The second-order valence-electron chi connectivity index (χ2n) is 5.83. The van der Waals surface area contributed by atoms with Crippen molar-refractivity contribution >= 4 is 23.2 Å². The van der Waals surface area contributed by atoms with Gasteiger partial charge in [0, 0.05) is 11.9 Å². The number of rotatable bonds is 9. The lowest BCUT2D eigenvalue weighted by molar-refractivity contribution is -0.144. The maximum atomic E-state index is 11.9. The minimum atomic E-state index is -0.432. The molecular formula is C20H20N2O6S. The molecule has 8 nitrogen and oxygen atoms in total. The summed E-state index contributed by atoms with van der Waals surface area (Å²) in [5.74, 6) is 0.601. The monoisotopic (exact) mass is 416 g/mol. The number of hydrogen-bond acceptors (Lipinski definition) is 8. The van der Waals surface area contributed by atoms with Crippen molar-refractivity contribution in [3.63, 3.8) is 0 Å². The molecule has 152 valence electrons. The average molecular weight is 416 g/mol. The molecule has 0 bridgehead atoms. The molecule has 9 heteroatoms. The molecule has 29 heavy (non-hydrogen) atoms. The van der Waals surface area contributed by atoms with Gasteiger partial charge in [-0.15, -0.1) is 11.3 Å². The van der Waals surface area contributed by atoms with Gasteiger partial charge in [-0.2, -0.15) is 0 Å². The summed E-state index contributed by atoms with van der Waals surface area (Å²) in [7, 11) is 3.15. The van der Waals surface area contributed by atoms with Crippen molar-refractivity contribution in [3.8, 4) is 22.1 Å². The molecule has 0 atom stereocenters. The number of amides is 1. The predicted octanol–water partition coefficient (Wildman–Crippen LogP) is 3.28. The van der Waals surface area contributed by atoms with E-state index in [1.807, 2.05) is 23.6 Å². The van der Waals surface area contributed by atoms with Gasteiger partial charge in [-0.25, -0.2) is 4.98 Å². The molecular weight excluding hydrogens is 396 g/mol. The van der Waals surface area contributed by atoms with E-state index in [1.165, 1.54) is 17.6 Å². The van der Waals surface area contributed by atoms with Crippen LogP contribution in [-0.2, 0) is 16.1 Å². The number of methoxy groups -OCH3 is 2. The first-order valence-electron chi connectivity index (χ1n) is 8.75. The van der Waals surface area contributed by atoms with E-state index in [-0.39, 0.29) is 31.2 Å². The van der Waals surface area contributed by atoms with Gasteiger partial charge in [-0.3, -0.25) is 9.59 Å². The molecule has 3 rings (SSSR count). The first kappa shape index (κ1) is 20.4. The van der Waals surface area contributed by atoms with Crippen LogP contribution in [0.25, 0.3) is 10.6 Å². The fourth-order valence-corrected chi connectivity index (χ4v) is 3.38. The molecule has 1 aromatic carbocycles. The second-order valence-corrected chi connectivity index (χ2v) is 6.69. The van der Waals surface area contributed by atoms with E-state index in [0.717, 1.165) is 10.6 Å². The van der Waals surface area contributed by atoms with Crippen LogP contribution < -0.4 is 14.8 Å². The summed E-state index contributed by atoms with van der Waals surface area (Å²) in [6.07, 6.45) is 1.46. The first-order chi connectivity index (χ1) is 14.1. The van der Waals surface area contributed by atoms with Gasteiger partial charge >= 0.3 is 5.97 Å². The van der Waals surface area contributed by atoms with Crippen molar-refractivity contribution in [2.75, 3.05) is 20.8 Å². The summed E-state index contributed by atoms with van der Waals surface area (Å²) in [6.45, 7) is 0.204. The van der Waals surface area contributed by atoms with Gasteiger partial charge in [0.15, 0.2) is 17.3 Å². The highest BCUT2D eigenvalue weighted by atomic mass is 32.1. The van der Waals surface area contributed by atoms with Crippen molar-refractivity contribution in [3.05, 3.63) is 53.4 Å². The van der Waals surface area contributed by atoms with Crippen molar-refractivity contribution in [2.45, 2.75) is 13.0 Å². The topological polar surface area (TPSA) is 99.9 Å². The van der Waals surface area contributed by atoms with Gasteiger partial charge in [0.05, 0.1) is 38.2 Å². The highest BCUT2D eigenvalue weighted by Gasteiger charge is 2.15. The molecule has 0 saturated carbocycles. The maximum absolute atomic E-state index is 11.9. The third kappa shape index (κ3) is 5.14. The number of hydrogen-bond donors (Lipinski definition) is 1. The Labute approximate surface area is 171 Å². The van der Waals surface area contributed by atoms with E-state index < -0.39 is 5.97 Å². The number of thiazole rings is 1.